The third-order valence-corrected chi connectivity index (χ3v) is 6.08. The van der Waals surface area contributed by atoms with Crippen LogP contribution < -0.4 is 15.6 Å². The number of carbonyl (C=O) groups is 1. The van der Waals surface area contributed by atoms with Crippen LogP contribution in [0.5, 0.6) is 5.75 Å². The molecule has 2 aromatic heterocycles. The maximum atomic E-state index is 13.5. The largest absolute Gasteiger partial charge is 0.495 e. The molecule has 32 heavy (non-hydrogen) atoms. The summed E-state index contributed by atoms with van der Waals surface area (Å²) in [7, 11) is 3.41. The second-order valence-corrected chi connectivity index (χ2v) is 8.49. The van der Waals surface area contributed by atoms with Crippen molar-refractivity contribution in [1.29, 1.82) is 0 Å². The van der Waals surface area contributed by atoms with E-state index in [1.165, 1.54) is 11.3 Å². The molecule has 0 saturated carbocycles. The number of rotatable bonds is 7. The first kappa shape index (κ1) is 21.7. The molecular formula is C24H24N4O3S. The van der Waals surface area contributed by atoms with Crippen LogP contribution in [0.4, 0.5) is 5.69 Å². The predicted octanol–water partition coefficient (Wildman–Crippen LogP) is 4.11. The van der Waals surface area contributed by atoms with Crippen molar-refractivity contribution < 1.29 is 9.53 Å². The van der Waals surface area contributed by atoms with Gasteiger partial charge in [0, 0.05) is 0 Å². The molecule has 0 aliphatic heterocycles. The third-order valence-electron chi connectivity index (χ3n) is 5.18. The lowest BCUT2D eigenvalue weighted by molar-refractivity contribution is -0.121. The van der Waals surface area contributed by atoms with Gasteiger partial charge in [-0.05, 0) is 48.7 Å². The molecule has 1 atom stereocenters. The number of aromatic amines is 1. The number of fused-ring (bicyclic) bond motifs is 1. The number of methoxy groups -OCH3 is 1. The van der Waals surface area contributed by atoms with Crippen molar-refractivity contribution in [2.75, 3.05) is 19.5 Å². The molecule has 4 aromatic rings. The number of likely N-dealkylation sites (N-methyl/N-ethyl adjacent to an activating group) is 1. The number of ether oxygens (including phenoxy) is 1. The zero-order valence-corrected chi connectivity index (χ0v) is 18.9. The highest BCUT2D eigenvalue weighted by molar-refractivity contribution is 7.17. The smallest absolute Gasteiger partial charge is 0.268 e. The van der Waals surface area contributed by atoms with Crippen molar-refractivity contribution in [3.63, 3.8) is 0 Å². The van der Waals surface area contributed by atoms with Crippen LogP contribution in [0.2, 0.25) is 0 Å². The van der Waals surface area contributed by atoms with E-state index < -0.39 is 6.04 Å². The molecule has 2 aromatic carbocycles. The van der Waals surface area contributed by atoms with E-state index in [4.69, 9.17) is 4.74 Å². The molecule has 0 aliphatic carbocycles. The van der Waals surface area contributed by atoms with Gasteiger partial charge in [0.2, 0.25) is 5.91 Å². The van der Waals surface area contributed by atoms with E-state index in [0.717, 1.165) is 11.1 Å². The Hall–Kier alpha value is -3.49. The highest BCUT2D eigenvalue weighted by atomic mass is 32.1. The van der Waals surface area contributed by atoms with Crippen molar-refractivity contribution in [3.05, 3.63) is 87.3 Å². The Morgan fingerprint density at radius 1 is 1.22 bits per heavy atom. The van der Waals surface area contributed by atoms with Gasteiger partial charge in [-0.2, -0.15) is 0 Å². The van der Waals surface area contributed by atoms with Gasteiger partial charge in [-0.3, -0.25) is 14.5 Å². The fourth-order valence-electron chi connectivity index (χ4n) is 3.69. The van der Waals surface area contributed by atoms with Crippen LogP contribution in [0.1, 0.15) is 23.0 Å². The summed E-state index contributed by atoms with van der Waals surface area (Å²) in [6.07, 6.45) is 0. The minimum Gasteiger partial charge on any atom is -0.495 e. The Kier molecular flexibility index (Phi) is 6.34. The quantitative estimate of drug-likeness (QED) is 0.444. The molecule has 2 heterocycles. The Balaban J connectivity index is 1.65. The maximum absolute atomic E-state index is 13.5. The number of amides is 1. The molecule has 0 bridgehead atoms. The number of nitrogens with zero attached hydrogens (tertiary/aromatic N) is 2. The molecule has 0 saturated heterocycles. The van der Waals surface area contributed by atoms with Gasteiger partial charge in [-0.1, -0.05) is 36.4 Å². The van der Waals surface area contributed by atoms with Crippen molar-refractivity contribution in [3.8, 4) is 5.75 Å². The number of nitrogens with one attached hydrogen (secondary N) is 2. The molecular weight excluding hydrogens is 424 g/mol. The van der Waals surface area contributed by atoms with Gasteiger partial charge in [0.1, 0.15) is 22.3 Å². The zero-order valence-electron chi connectivity index (χ0n) is 18.1. The normalized spacial score (nSPS) is 12.1. The number of hydrogen-bond donors (Lipinski definition) is 2. The average molecular weight is 449 g/mol. The molecule has 0 spiro atoms. The van der Waals surface area contributed by atoms with E-state index in [1.54, 1.807) is 7.11 Å². The lowest BCUT2D eigenvalue weighted by atomic mass is 10.0. The number of H-pyrrole nitrogens is 1. The summed E-state index contributed by atoms with van der Waals surface area (Å²) in [6, 6.07) is 16.4. The minimum absolute atomic E-state index is 0.168. The van der Waals surface area contributed by atoms with Crippen LogP contribution in [-0.2, 0) is 11.3 Å². The second kappa shape index (κ2) is 9.33. The molecule has 164 valence electrons. The molecule has 1 amide bonds. The molecule has 0 aliphatic rings. The first-order valence-corrected chi connectivity index (χ1v) is 11.0. The Labute approximate surface area is 189 Å². The van der Waals surface area contributed by atoms with Crippen molar-refractivity contribution in [1.82, 2.24) is 14.9 Å². The SMILES string of the molecule is COc1ccc(C)cc1NC(=O)C(c1ccccc1)N(C)Cc1nc2ccsc2c(=O)[nH]1. The van der Waals surface area contributed by atoms with Crippen LogP contribution in [0, 0.1) is 6.92 Å². The molecule has 7 nitrogen and oxygen atoms in total. The summed E-state index contributed by atoms with van der Waals surface area (Å²) >= 11 is 1.36. The molecule has 0 fully saturated rings. The number of hydrogen-bond acceptors (Lipinski definition) is 6. The van der Waals surface area contributed by atoms with Crippen molar-refractivity contribution >= 4 is 33.1 Å². The highest BCUT2D eigenvalue weighted by Gasteiger charge is 2.27. The van der Waals surface area contributed by atoms with E-state index >= 15 is 0 Å². The van der Waals surface area contributed by atoms with Crippen LogP contribution in [0.3, 0.4) is 0 Å². The minimum atomic E-state index is -0.607. The summed E-state index contributed by atoms with van der Waals surface area (Å²) in [5.41, 5.74) is 2.94. The van der Waals surface area contributed by atoms with Crippen LogP contribution in [-0.4, -0.2) is 34.9 Å². The second-order valence-electron chi connectivity index (χ2n) is 7.57. The summed E-state index contributed by atoms with van der Waals surface area (Å²) < 4.78 is 6.01. The van der Waals surface area contributed by atoms with Gasteiger partial charge >= 0.3 is 0 Å². The summed E-state index contributed by atoms with van der Waals surface area (Å²) in [5.74, 6) is 0.888. The average Bonchev–Trinajstić information content (AvgIpc) is 3.24. The first-order valence-electron chi connectivity index (χ1n) is 10.1. The number of benzene rings is 2. The van der Waals surface area contributed by atoms with E-state index in [0.29, 0.717) is 34.0 Å². The van der Waals surface area contributed by atoms with Crippen LogP contribution in [0.25, 0.3) is 10.2 Å². The monoisotopic (exact) mass is 448 g/mol. The maximum Gasteiger partial charge on any atom is 0.268 e. The standard InChI is InChI=1S/C24H24N4O3S/c1-15-9-10-19(31-3)18(13-15)26-23(29)21(16-7-5-4-6-8-16)28(2)14-20-25-17-11-12-32-22(17)24(30)27-20/h4-13,21H,14H2,1-3H3,(H,26,29)(H,25,27,30). The fourth-order valence-corrected chi connectivity index (χ4v) is 4.41. The number of anilines is 1. The molecule has 4 rings (SSSR count). The van der Waals surface area contributed by atoms with E-state index in [-0.39, 0.29) is 11.5 Å². The lowest BCUT2D eigenvalue weighted by Gasteiger charge is -2.27. The van der Waals surface area contributed by atoms with E-state index in [1.807, 2.05) is 78.8 Å². The zero-order chi connectivity index (χ0) is 22.7. The summed E-state index contributed by atoms with van der Waals surface area (Å²) in [6.45, 7) is 2.25. The van der Waals surface area contributed by atoms with Gasteiger partial charge in [-0.15, -0.1) is 11.3 Å². The van der Waals surface area contributed by atoms with Gasteiger partial charge in [-0.25, -0.2) is 4.98 Å². The number of aromatic nitrogens is 2. The van der Waals surface area contributed by atoms with Crippen LogP contribution in [0.15, 0.2) is 64.8 Å². The van der Waals surface area contributed by atoms with Crippen molar-refractivity contribution in [2.45, 2.75) is 19.5 Å². The topological polar surface area (TPSA) is 87.3 Å². The van der Waals surface area contributed by atoms with E-state index in [9.17, 15) is 9.59 Å². The number of carbonyl (C=O) groups excluding carboxylic acids is 1. The number of aryl methyl sites for hydroxylation is 1. The summed E-state index contributed by atoms with van der Waals surface area (Å²) in [5, 5.41) is 4.85. The van der Waals surface area contributed by atoms with Crippen molar-refractivity contribution in [2.24, 2.45) is 0 Å². The van der Waals surface area contributed by atoms with Gasteiger partial charge in [0.15, 0.2) is 0 Å². The Morgan fingerprint density at radius 3 is 2.75 bits per heavy atom. The molecule has 8 heteroatoms. The first-order chi connectivity index (χ1) is 15.5. The molecule has 2 N–H and O–H groups in total. The van der Waals surface area contributed by atoms with Gasteiger partial charge < -0.3 is 15.0 Å². The van der Waals surface area contributed by atoms with Gasteiger partial charge in [0.05, 0.1) is 24.9 Å². The van der Waals surface area contributed by atoms with Gasteiger partial charge in [0.25, 0.3) is 5.56 Å². The van der Waals surface area contributed by atoms with Crippen LogP contribution >= 0.6 is 11.3 Å². The molecule has 1 unspecified atom stereocenters. The van der Waals surface area contributed by atoms with E-state index in [2.05, 4.69) is 15.3 Å². The molecule has 0 radical (unpaired) electrons. The third kappa shape index (κ3) is 4.56. The Bertz CT molecular complexity index is 1300. The fraction of sp³-hybridized carbons (Fsp3) is 0.208. The number of thiophene rings is 1. The summed E-state index contributed by atoms with van der Waals surface area (Å²) in [4.78, 5) is 35.1. The lowest BCUT2D eigenvalue weighted by Crippen LogP contribution is -2.35. The Morgan fingerprint density at radius 2 is 2.00 bits per heavy atom. The predicted molar refractivity (Wildman–Crippen MR) is 127 cm³/mol. The highest BCUT2D eigenvalue weighted by Crippen LogP contribution is 2.28.